The Bertz CT molecular complexity index is 1160. The van der Waals surface area contributed by atoms with Gasteiger partial charge in [0.15, 0.2) is 5.13 Å². The number of pyridine rings is 1. The molecule has 4 rings (SSSR count). The molecule has 2 aromatic carbocycles. The molecule has 1 unspecified atom stereocenters. The molecule has 1 amide bonds. The van der Waals surface area contributed by atoms with Gasteiger partial charge < -0.3 is 10.2 Å². The maximum Gasteiger partial charge on any atom is 0.257 e. The van der Waals surface area contributed by atoms with Crippen molar-refractivity contribution < 1.29 is 19.4 Å². The molecular weight excluding hydrogens is 405 g/mol. The molecule has 30 heavy (non-hydrogen) atoms. The number of carbonyl (C=O) groups is 1. The van der Waals surface area contributed by atoms with E-state index in [1.54, 1.807) is 24.3 Å². The highest BCUT2D eigenvalue weighted by Gasteiger charge is 2.13. The molecule has 0 aliphatic rings. The summed E-state index contributed by atoms with van der Waals surface area (Å²) in [4.78, 5) is 21.0. The van der Waals surface area contributed by atoms with E-state index in [0.29, 0.717) is 21.8 Å². The van der Waals surface area contributed by atoms with Gasteiger partial charge in [-0.05, 0) is 35.9 Å². The number of benzene rings is 2. The Balaban J connectivity index is 1.48. The van der Waals surface area contributed by atoms with Crippen molar-refractivity contribution in [3.8, 4) is 11.3 Å². The number of anilines is 1. The van der Waals surface area contributed by atoms with Crippen molar-refractivity contribution in [2.24, 2.45) is 0 Å². The Morgan fingerprint density at radius 3 is 2.63 bits per heavy atom. The predicted octanol–water partition coefficient (Wildman–Crippen LogP) is 3.65. The van der Waals surface area contributed by atoms with Crippen LogP contribution in [0.2, 0.25) is 0 Å². The number of thiazole rings is 1. The van der Waals surface area contributed by atoms with Crippen LogP contribution in [-0.2, 0) is 6.42 Å². The third-order valence-corrected chi connectivity index (χ3v) is 5.47. The van der Waals surface area contributed by atoms with Gasteiger partial charge in [0.2, 0.25) is 0 Å². The summed E-state index contributed by atoms with van der Waals surface area (Å²) >= 11 is 1.39. The first kappa shape index (κ1) is 20.1. The highest BCUT2D eigenvalue weighted by atomic mass is 32.1. The second kappa shape index (κ2) is 8.66. The van der Waals surface area contributed by atoms with E-state index in [1.807, 2.05) is 24.3 Å². The molecule has 0 saturated carbocycles. The number of halogens is 1. The van der Waals surface area contributed by atoms with Gasteiger partial charge in [-0.15, -0.1) is 0 Å². The molecule has 0 bridgehead atoms. The van der Waals surface area contributed by atoms with Crippen LogP contribution < -0.4 is 5.32 Å². The van der Waals surface area contributed by atoms with Crippen LogP contribution in [0.3, 0.4) is 0 Å². The highest BCUT2D eigenvalue weighted by Crippen LogP contribution is 2.26. The standard InChI is InChI=1S/C22H18FN3O3S/c23-17-10-13(9-16(28)12-27)11-24-20(17)14-5-7-15(8-6-14)21(29)26-22-25-18-3-1-2-4-19(18)30-22/h1-8,10-11,16,27-28H,9,12H2,(H,25,26,29). The number of hydrogen-bond acceptors (Lipinski definition) is 6. The molecule has 0 radical (unpaired) electrons. The Morgan fingerprint density at radius 2 is 1.93 bits per heavy atom. The second-order valence-electron chi connectivity index (χ2n) is 6.73. The van der Waals surface area contributed by atoms with Gasteiger partial charge in [-0.25, -0.2) is 9.37 Å². The molecule has 0 spiro atoms. The topological polar surface area (TPSA) is 95.3 Å². The number of nitrogens with zero attached hydrogens (tertiary/aromatic N) is 2. The maximum atomic E-state index is 14.4. The van der Waals surface area contributed by atoms with E-state index < -0.39 is 18.5 Å². The fourth-order valence-corrected chi connectivity index (χ4v) is 3.87. The molecule has 0 saturated heterocycles. The number of carbonyl (C=O) groups excluding carboxylic acids is 1. The Morgan fingerprint density at radius 1 is 1.17 bits per heavy atom. The number of hydrogen-bond donors (Lipinski definition) is 3. The van der Waals surface area contributed by atoms with Gasteiger partial charge in [0.25, 0.3) is 5.91 Å². The van der Waals surface area contributed by atoms with Crippen LogP contribution in [0.1, 0.15) is 15.9 Å². The Labute approximate surface area is 175 Å². The minimum atomic E-state index is -0.953. The van der Waals surface area contributed by atoms with Crippen molar-refractivity contribution in [2.45, 2.75) is 12.5 Å². The van der Waals surface area contributed by atoms with E-state index in [1.165, 1.54) is 23.6 Å². The van der Waals surface area contributed by atoms with Gasteiger partial charge in [0.1, 0.15) is 11.5 Å². The van der Waals surface area contributed by atoms with E-state index in [9.17, 15) is 14.3 Å². The summed E-state index contributed by atoms with van der Waals surface area (Å²) in [5.74, 6) is -0.841. The number of nitrogens with one attached hydrogen (secondary N) is 1. The molecular formula is C22H18FN3O3S. The van der Waals surface area contributed by atoms with E-state index in [4.69, 9.17) is 5.11 Å². The van der Waals surface area contributed by atoms with Crippen molar-refractivity contribution in [2.75, 3.05) is 11.9 Å². The predicted molar refractivity (Wildman–Crippen MR) is 114 cm³/mol. The van der Waals surface area contributed by atoms with Gasteiger partial charge >= 0.3 is 0 Å². The summed E-state index contributed by atoms with van der Waals surface area (Å²) in [6.45, 7) is -0.399. The third kappa shape index (κ3) is 4.35. The molecule has 8 heteroatoms. The number of aromatic nitrogens is 2. The largest absolute Gasteiger partial charge is 0.394 e. The van der Waals surface area contributed by atoms with Crippen molar-refractivity contribution in [3.63, 3.8) is 0 Å². The molecule has 0 aliphatic heterocycles. The van der Waals surface area contributed by atoms with Crippen LogP contribution >= 0.6 is 11.3 Å². The molecule has 2 aromatic heterocycles. The van der Waals surface area contributed by atoms with Crippen LogP contribution in [0.4, 0.5) is 9.52 Å². The summed E-state index contributed by atoms with van der Waals surface area (Å²) in [6.07, 6.45) is 0.627. The summed E-state index contributed by atoms with van der Waals surface area (Å²) in [6, 6.07) is 15.4. The average molecular weight is 423 g/mol. The lowest BCUT2D eigenvalue weighted by Crippen LogP contribution is -2.15. The van der Waals surface area contributed by atoms with Gasteiger partial charge in [-0.1, -0.05) is 35.6 Å². The Kier molecular flexibility index (Phi) is 5.80. The fourth-order valence-electron chi connectivity index (χ4n) is 3.01. The van der Waals surface area contributed by atoms with E-state index in [2.05, 4.69) is 15.3 Å². The number of rotatable bonds is 6. The minimum Gasteiger partial charge on any atom is -0.394 e. The van der Waals surface area contributed by atoms with E-state index in [-0.39, 0.29) is 18.0 Å². The Hall–Kier alpha value is -3.20. The summed E-state index contributed by atoms with van der Waals surface area (Å²) in [7, 11) is 0. The van der Waals surface area contributed by atoms with Crippen molar-refractivity contribution >= 4 is 32.6 Å². The molecule has 1 atom stereocenters. The normalized spacial score (nSPS) is 12.1. The summed E-state index contributed by atoms with van der Waals surface area (Å²) in [5.41, 5.74) is 2.41. The fraction of sp³-hybridized carbons (Fsp3) is 0.136. The summed E-state index contributed by atoms with van der Waals surface area (Å²) in [5, 5.41) is 21.7. The number of aliphatic hydroxyl groups excluding tert-OH is 2. The zero-order valence-corrected chi connectivity index (χ0v) is 16.6. The third-order valence-electron chi connectivity index (χ3n) is 4.51. The average Bonchev–Trinajstić information content (AvgIpc) is 3.16. The highest BCUT2D eigenvalue weighted by molar-refractivity contribution is 7.22. The van der Waals surface area contributed by atoms with E-state index in [0.717, 1.165) is 10.2 Å². The lowest BCUT2D eigenvalue weighted by molar-refractivity contribution is 0.0954. The summed E-state index contributed by atoms with van der Waals surface area (Å²) < 4.78 is 15.4. The SMILES string of the molecule is O=C(Nc1nc2ccccc2s1)c1ccc(-c2ncc(CC(O)CO)cc2F)cc1. The zero-order chi connectivity index (χ0) is 21.1. The van der Waals surface area contributed by atoms with Crippen LogP contribution in [-0.4, -0.2) is 38.8 Å². The van der Waals surface area contributed by atoms with Gasteiger partial charge in [-0.2, -0.15) is 0 Å². The quantitative estimate of drug-likeness (QED) is 0.440. The van der Waals surface area contributed by atoms with Gasteiger partial charge in [0.05, 0.1) is 22.9 Å². The lowest BCUT2D eigenvalue weighted by Gasteiger charge is -2.09. The van der Waals surface area contributed by atoms with Gasteiger partial charge in [0, 0.05) is 23.7 Å². The monoisotopic (exact) mass is 423 g/mol. The van der Waals surface area contributed by atoms with Crippen molar-refractivity contribution in [3.05, 3.63) is 77.7 Å². The molecule has 4 aromatic rings. The number of fused-ring (bicyclic) bond motifs is 1. The molecule has 6 nitrogen and oxygen atoms in total. The van der Waals surface area contributed by atoms with Crippen LogP contribution in [0.5, 0.6) is 0 Å². The van der Waals surface area contributed by atoms with Crippen LogP contribution in [0.25, 0.3) is 21.5 Å². The number of para-hydroxylation sites is 1. The zero-order valence-electron chi connectivity index (χ0n) is 15.7. The van der Waals surface area contributed by atoms with E-state index >= 15 is 0 Å². The van der Waals surface area contributed by atoms with Crippen molar-refractivity contribution in [1.29, 1.82) is 0 Å². The molecule has 2 heterocycles. The molecule has 3 N–H and O–H groups in total. The second-order valence-corrected chi connectivity index (χ2v) is 7.76. The first-order valence-corrected chi connectivity index (χ1v) is 10.1. The first-order chi connectivity index (χ1) is 14.5. The maximum absolute atomic E-state index is 14.4. The molecule has 0 fully saturated rings. The first-order valence-electron chi connectivity index (χ1n) is 9.24. The van der Waals surface area contributed by atoms with Crippen LogP contribution in [0.15, 0.2) is 60.8 Å². The minimum absolute atomic E-state index is 0.117. The van der Waals surface area contributed by atoms with Crippen molar-refractivity contribution in [1.82, 2.24) is 9.97 Å². The lowest BCUT2D eigenvalue weighted by atomic mass is 10.1. The van der Waals surface area contributed by atoms with Crippen LogP contribution in [0, 0.1) is 5.82 Å². The molecule has 0 aliphatic carbocycles. The number of amides is 1. The smallest absolute Gasteiger partial charge is 0.257 e. The number of aliphatic hydroxyl groups is 2. The molecule has 152 valence electrons. The van der Waals surface area contributed by atoms with Gasteiger partial charge in [-0.3, -0.25) is 15.1 Å².